The third-order valence-electron chi connectivity index (χ3n) is 7.47. The first-order valence-electron chi connectivity index (χ1n) is 12.5. The fraction of sp³-hybridized carbons (Fsp3) is 0.357. The van der Waals surface area contributed by atoms with Gasteiger partial charge in [-0.1, -0.05) is 25.1 Å². The molecule has 2 unspecified atom stereocenters. The van der Waals surface area contributed by atoms with E-state index in [9.17, 15) is 13.9 Å². The van der Waals surface area contributed by atoms with Gasteiger partial charge in [-0.05, 0) is 59.4 Å². The van der Waals surface area contributed by atoms with Gasteiger partial charge in [-0.15, -0.1) is 0 Å². The number of halogens is 4. The van der Waals surface area contributed by atoms with Crippen LogP contribution in [0.15, 0.2) is 36.4 Å². The number of hydrogen-bond acceptors (Lipinski definition) is 5. The Morgan fingerprint density at radius 3 is 2.49 bits per heavy atom. The van der Waals surface area contributed by atoms with Gasteiger partial charge in [0.25, 0.3) is 0 Å². The van der Waals surface area contributed by atoms with Gasteiger partial charge in [0.15, 0.2) is 5.82 Å². The van der Waals surface area contributed by atoms with Crippen LogP contribution in [0.1, 0.15) is 38.1 Å². The number of aromatic nitrogens is 2. The van der Waals surface area contributed by atoms with E-state index < -0.39 is 28.9 Å². The zero-order valence-corrected chi connectivity index (χ0v) is 20.5. The van der Waals surface area contributed by atoms with Crippen LogP contribution in [-0.4, -0.2) is 40.2 Å². The van der Waals surface area contributed by atoms with E-state index in [-0.39, 0.29) is 40.1 Å². The normalized spacial score (nSPS) is 19.8. The Hall–Kier alpha value is -3.46. The molecule has 6 rings (SSSR count). The van der Waals surface area contributed by atoms with Gasteiger partial charge in [0.1, 0.15) is 22.9 Å². The van der Waals surface area contributed by atoms with Gasteiger partial charge in [0, 0.05) is 37.5 Å². The SMILES string of the molecule is CCc1cccc2cc(O)cc(-c3c(F)cc4c(N5CC6CCC(C5)N6)nc(C(C)(F)F)nc4c3F)c12. The van der Waals surface area contributed by atoms with Crippen LogP contribution in [-0.2, 0) is 12.3 Å². The molecule has 2 N–H and O–H groups in total. The smallest absolute Gasteiger partial charge is 0.303 e. The molecule has 0 aliphatic carbocycles. The van der Waals surface area contributed by atoms with Crippen LogP contribution < -0.4 is 10.2 Å². The van der Waals surface area contributed by atoms with Crippen LogP contribution in [0.25, 0.3) is 32.8 Å². The minimum absolute atomic E-state index is 0.0493. The molecule has 192 valence electrons. The number of phenolic OH excluding ortho intramolecular Hbond substituents is 1. The minimum atomic E-state index is -3.43. The Balaban J connectivity index is 1.65. The van der Waals surface area contributed by atoms with Gasteiger partial charge in [-0.3, -0.25) is 0 Å². The first-order chi connectivity index (χ1) is 17.6. The zero-order valence-electron chi connectivity index (χ0n) is 20.5. The van der Waals surface area contributed by atoms with E-state index in [1.807, 2.05) is 24.0 Å². The molecule has 2 fully saturated rings. The summed E-state index contributed by atoms with van der Waals surface area (Å²) in [4.78, 5) is 9.88. The Morgan fingerprint density at radius 2 is 1.81 bits per heavy atom. The molecule has 9 heteroatoms. The highest BCUT2D eigenvalue weighted by molar-refractivity contribution is 6.03. The van der Waals surface area contributed by atoms with Crippen molar-refractivity contribution in [2.75, 3.05) is 18.0 Å². The molecule has 3 aromatic carbocycles. The van der Waals surface area contributed by atoms with Crippen LogP contribution in [0.3, 0.4) is 0 Å². The highest BCUT2D eigenvalue weighted by Gasteiger charge is 2.36. The van der Waals surface area contributed by atoms with E-state index in [0.29, 0.717) is 37.2 Å². The van der Waals surface area contributed by atoms with Gasteiger partial charge < -0.3 is 15.3 Å². The summed E-state index contributed by atoms with van der Waals surface area (Å²) in [6.45, 7) is 3.59. The molecule has 4 aromatic rings. The number of piperazine rings is 1. The Labute approximate surface area is 211 Å². The molecule has 1 aromatic heterocycles. The standard InChI is InChI=1S/C28H26F4N4O/c1-3-14-5-4-6-15-9-18(37)10-19(22(14)15)23-21(29)11-20-25(24(23)30)34-27(28(2,31)32)35-26(20)36-12-16-7-8-17(13-36)33-16/h4-6,9-11,16-17,33,37H,3,7-8,12-13H2,1-2H3. The average Bonchev–Trinajstić information content (AvgIpc) is 3.19. The van der Waals surface area contributed by atoms with E-state index in [2.05, 4.69) is 15.3 Å². The lowest BCUT2D eigenvalue weighted by Gasteiger charge is -2.34. The monoisotopic (exact) mass is 510 g/mol. The molecule has 0 amide bonds. The van der Waals surface area contributed by atoms with E-state index in [1.165, 1.54) is 12.1 Å². The first-order valence-corrected chi connectivity index (χ1v) is 12.5. The zero-order chi connectivity index (χ0) is 26.1. The number of rotatable bonds is 4. The van der Waals surface area contributed by atoms with Crippen LogP contribution in [0.4, 0.5) is 23.4 Å². The van der Waals surface area contributed by atoms with E-state index in [1.54, 1.807) is 6.07 Å². The van der Waals surface area contributed by atoms with Gasteiger partial charge in [0.2, 0.25) is 5.82 Å². The maximum Gasteiger partial charge on any atom is 0.303 e. The second kappa shape index (κ2) is 8.55. The van der Waals surface area contributed by atoms with Gasteiger partial charge >= 0.3 is 5.92 Å². The molecular formula is C28H26F4N4O. The minimum Gasteiger partial charge on any atom is -0.508 e. The molecule has 2 aliphatic heterocycles. The second-order valence-electron chi connectivity index (χ2n) is 10.1. The molecule has 37 heavy (non-hydrogen) atoms. The number of nitrogens with one attached hydrogen (secondary N) is 1. The third-order valence-corrected chi connectivity index (χ3v) is 7.47. The lowest BCUT2D eigenvalue weighted by molar-refractivity contribution is 0.00812. The number of phenols is 1. The molecule has 0 spiro atoms. The highest BCUT2D eigenvalue weighted by atomic mass is 19.3. The number of nitrogens with zero attached hydrogens (tertiary/aromatic N) is 3. The molecule has 2 bridgehead atoms. The predicted molar refractivity (Wildman–Crippen MR) is 135 cm³/mol. The molecule has 0 saturated carbocycles. The molecule has 0 radical (unpaired) electrons. The molecule has 2 saturated heterocycles. The van der Waals surface area contributed by atoms with Gasteiger partial charge in [-0.25, -0.2) is 18.7 Å². The number of alkyl halides is 2. The summed E-state index contributed by atoms with van der Waals surface area (Å²) in [7, 11) is 0. The molecule has 5 nitrogen and oxygen atoms in total. The maximum absolute atomic E-state index is 16.3. The number of hydrogen-bond donors (Lipinski definition) is 2. The number of anilines is 1. The third kappa shape index (κ3) is 3.96. The number of fused-ring (bicyclic) bond motifs is 4. The van der Waals surface area contributed by atoms with E-state index in [0.717, 1.165) is 24.5 Å². The fourth-order valence-electron chi connectivity index (χ4n) is 5.82. The molecular weight excluding hydrogens is 484 g/mol. The fourth-order valence-corrected chi connectivity index (χ4v) is 5.82. The number of benzene rings is 3. The number of aryl methyl sites for hydroxylation is 1. The summed E-state index contributed by atoms with van der Waals surface area (Å²) in [5.74, 6) is -6.21. The van der Waals surface area contributed by atoms with Crippen molar-refractivity contribution in [3.8, 4) is 16.9 Å². The van der Waals surface area contributed by atoms with Crippen molar-refractivity contribution in [1.29, 1.82) is 0 Å². The van der Waals surface area contributed by atoms with Crippen LogP contribution >= 0.6 is 0 Å². The van der Waals surface area contributed by atoms with Crippen molar-refractivity contribution < 1.29 is 22.7 Å². The maximum atomic E-state index is 16.3. The Kier molecular flexibility index (Phi) is 5.52. The van der Waals surface area contributed by atoms with Crippen LogP contribution in [0, 0.1) is 11.6 Å². The summed E-state index contributed by atoms with van der Waals surface area (Å²) in [5, 5.41) is 15.1. The van der Waals surface area contributed by atoms with Crippen molar-refractivity contribution in [1.82, 2.24) is 15.3 Å². The summed E-state index contributed by atoms with van der Waals surface area (Å²) < 4.78 is 61.2. The van der Waals surface area contributed by atoms with Crippen molar-refractivity contribution in [2.45, 2.75) is 51.1 Å². The van der Waals surface area contributed by atoms with Gasteiger partial charge in [-0.2, -0.15) is 8.78 Å². The molecule has 3 heterocycles. The van der Waals surface area contributed by atoms with Crippen molar-refractivity contribution >= 4 is 27.5 Å². The van der Waals surface area contributed by atoms with E-state index in [4.69, 9.17) is 0 Å². The summed E-state index contributed by atoms with van der Waals surface area (Å²) in [6.07, 6.45) is 2.48. The van der Waals surface area contributed by atoms with Crippen molar-refractivity contribution in [3.63, 3.8) is 0 Å². The lowest BCUT2D eigenvalue weighted by atomic mass is 9.92. The Bertz CT molecular complexity index is 1540. The van der Waals surface area contributed by atoms with Crippen LogP contribution in [0.2, 0.25) is 0 Å². The topological polar surface area (TPSA) is 61.3 Å². The quantitative estimate of drug-likeness (QED) is 0.328. The largest absolute Gasteiger partial charge is 0.508 e. The lowest BCUT2D eigenvalue weighted by Crippen LogP contribution is -2.51. The highest BCUT2D eigenvalue weighted by Crippen LogP contribution is 2.42. The van der Waals surface area contributed by atoms with Crippen molar-refractivity contribution in [3.05, 3.63) is 59.4 Å². The van der Waals surface area contributed by atoms with Crippen LogP contribution in [0.5, 0.6) is 5.75 Å². The van der Waals surface area contributed by atoms with Crippen molar-refractivity contribution in [2.24, 2.45) is 0 Å². The predicted octanol–water partition coefficient (Wildman–Crippen LogP) is 6.05. The van der Waals surface area contributed by atoms with E-state index >= 15 is 8.78 Å². The van der Waals surface area contributed by atoms with Gasteiger partial charge in [0.05, 0.1) is 5.56 Å². The summed E-state index contributed by atoms with van der Waals surface area (Å²) in [5.41, 5.74) is 0.209. The first kappa shape index (κ1) is 23.9. The second-order valence-corrected chi connectivity index (χ2v) is 10.1. The summed E-state index contributed by atoms with van der Waals surface area (Å²) in [6, 6.07) is 9.72. The summed E-state index contributed by atoms with van der Waals surface area (Å²) >= 11 is 0. The molecule has 2 atom stereocenters. The molecule has 2 aliphatic rings. The number of aromatic hydroxyl groups is 1. The Morgan fingerprint density at radius 1 is 1.08 bits per heavy atom. The average molecular weight is 511 g/mol.